The van der Waals surface area contributed by atoms with Crippen LogP contribution < -0.4 is 20.5 Å². The second-order valence-electron chi connectivity index (χ2n) is 7.33. The van der Waals surface area contributed by atoms with E-state index in [0.717, 1.165) is 50.5 Å². The van der Waals surface area contributed by atoms with Gasteiger partial charge in [0, 0.05) is 18.0 Å². The summed E-state index contributed by atoms with van der Waals surface area (Å²) >= 11 is 0. The van der Waals surface area contributed by atoms with Crippen molar-refractivity contribution in [1.29, 1.82) is 0 Å². The molecule has 1 amide bonds. The van der Waals surface area contributed by atoms with E-state index >= 15 is 0 Å². The van der Waals surface area contributed by atoms with Crippen LogP contribution in [0.5, 0.6) is 11.5 Å². The van der Waals surface area contributed by atoms with Gasteiger partial charge >= 0.3 is 0 Å². The smallest absolute Gasteiger partial charge is 0.248 e. The van der Waals surface area contributed by atoms with E-state index in [0.29, 0.717) is 24.0 Å². The molecule has 5 nitrogen and oxygen atoms in total. The Morgan fingerprint density at radius 3 is 2.43 bits per heavy atom. The van der Waals surface area contributed by atoms with Crippen molar-refractivity contribution in [2.24, 2.45) is 11.7 Å². The van der Waals surface area contributed by atoms with Crippen molar-refractivity contribution in [2.75, 3.05) is 26.3 Å². The van der Waals surface area contributed by atoms with Crippen LogP contribution in [0, 0.1) is 5.92 Å². The number of nitrogens with one attached hydrogen (secondary N) is 1. The molecule has 2 atom stereocenters. The lowest BCUT2D eigenvalue weighted by molar-refractivity contribution is 0.1000. The number of piperidine rings is 1. The summed E-state index contributed by atoms with van der Waals surface area (Å²) in [5.74, 6) is 2.11. The lowest BCUT2D eigenvalue weighted by atomic mass is 9.81. The van der Waals surface area contributed by atoms with Crippen LogP contribution in [0.4, 0.5) is 0 Å². The Hall–Kier alpha value is -2.53. The summed E-state index contributed by atoms with van der Waals surface area (Å²) in [6.45, 7) is 5.51. The lowest BCUT2D eigenvalue weighted by Gasteiger charge is -2.32. The molecule has 0 aromatic heterocycles. The maximum absolute atomic E-state index is 11.2. The zero-order valence-electron chi connectivity index (χ0n) is 16.5. The van der Waals surface area contributed by atoms with Crippen molar-refractivity contribution in [3.63, 3.8) is 0 Å². The van der Waals surface area contributed by atoms with Crippen LogP contribution in [0.2, 0.25) is 0 Å². The van der Waals surface area contributed by atoms with E-state index in [1.165, 1.54) is 5.56 Å². The van der Waals surface area contributed by atoms with Crippen molar-refractivity contribution < 1.29 is 14.3 Å². The number of rotatable bonds is 9. The lowest BCUT2D eigenvalue weighted by Crippen LogP contribution is -2.38. The van der Waals surface area contributed by atoms with Crippen LogP contribution in [0.1, 0.15) is 48.0 Å². The van der Waals surface area contributed by atoms with Gasteiger partial charge in [-0.3, -0.25) is 4.79 Å². The Morgan fingerprint density at radius 1 is 1.07 bits per heavy atom. The third kappa shape index (κ3) is 5.49. The maximum atomic E-state index is 11.2. The molecule has 0 saturated carbocycles. The number of hydrogen-bond acceptors (Lipinski definition) is 4. The predicted molar refractivity (Wildman–Crippen MR) is 111 cm³/mol. The second kappa shape index (κ2) is 10.1. The number of carbonyl (C=O) groups excluding carboxylic acids is 1. The van der Waals surface area contributed by atoms with Crippen molar-refractivity contribution in [3.8, 4) is 11.5 Å². The maximum Gasteiger partial charge on any atom is 0.248 e. The quantitative estimate of drug-likeness (QED) is 0.648. The van der Waals surface area contributed by atoms with Gasteiger partial charge in [-0.2, -0.15) is 0 Å². The fraction of sp³-hybridized carbons (Fsp3) is 0.435. The van der Waals surface area contributed by atoms with Gasteiger partial charge in [0.25, 0.3) is 0 Å². The molecule has 1 heterocycles. The molecule has 0 aliphatic carbocycles. The highest BCUT2D eigenvalue weighted by atomic mass is 16.5. The number of hydrogen-bond donors (Lipinski definition) is 2. The SMILES string of the molecule is CCCCOc1ccc([C@@H]2CCNC[C@H]2COc2ccc(C(N)=O)cc2)cc1. The number of ether oxygens (including phenoxy) is 2. The summed E-state index contributed by atoms with van der Waals surface area (Å²) in [6, 6.07) is 15.5. The predicted octanol–water partition coefficient (Wildman–Crippen LogP) is 3.74. The number of amides is 1. The molecule has 1 saturated heterocycles. The molecule has 2 aromatic rings. The van der Waals surface area contributed by atoms with Crippen LogP contribution >= 0.6 is 0 Å². The zero-order valence-corrected chi connectivity index (χ0v) is 16.5. The summed E-state index contributed by atoms with van der Waals surface area (Å²) in [6.07, 6.45) is 3.31. The van der Waals surface area contributed by atoms with Crippen LogP contribution in [0.15, 0.2) is 48.5 Å². The third-order valence-electron chi connectivity index (χ3n) is 5.29. The first-order valence-electron chi connectivity index (χ1n) is 10.1. The molecule has 28 heavy (non-hydrogen) atoms. The van der Waals surface area contributed by atoms with Crippen molar-refractivity contribution in [1.82, 2.24) is 5.32 Å². The first-order chi connectivity index (χ1) is 13.7. The van der Waals surface area contributed by atoms with Gasteiger partial charge in [-0.25, -0.2) is 0 Å². The van der Waals surface area contributed by atoms with Gasteiger partial charge in [0.05, 0.1) is 13.2 Å². The summed E-state index contributed by atoms with van der Waals surface area (Å²) in [5.41, 5.74) is 7.11. The molecule has 1 fully saturated rings. The van der Waals surface area contributed by atoms with E-state index < -0.39 is 5.91 Å². The molecular weight excluding hydrogens is 352 g/mol. The molecule has 3 N–H and O–H groups in total. The first kappa shape index (κ1) is 20.2. The number of primary amides is 1. The summed E-state index contributed by atoms with van der Waals surface area (Å²) in [5, 5.41) is 3.47. The highest BCUT2D eigenvalue weighted by molar-refractivity contribution is 5.92. The molecule has 5 heteroatoms. The van der Waals surface area contributed by atoms with E-state index in [-0.39, 0.29) is 0 Å². The minimum absolute atomic E-state index is 0.386. The van der Waals surface area contributed by atoms with Crippen LogP contribution in [-0.4, -0.2) is 32.2 Å². The topological polar surface area (TPSA) is 73.6 Å². The number of nitrogens with two attached hydrogens (primary N) is 1. The highest BCUT2D eigenvalue weighted by Crippen LogP contribution is 2.32. The standard InChI is InChI=1S/C23H30N2O3/c1-2-3-14-27-20-8-4-17(5-9-20)22-12-13-25-15-19(22)16-28-21-10-6-18(7-11-21)23(24)26/h4-11,19,22,25H,2-3,12-16H2,1H3,(H2,24,26)/t19-,22-/m0/s1. The van der Waals surface area contributed by atoms with Crippen molar-refractivity contribution in [2.45, 2.75) is 32.1 Å². The van der Waals surface area contributed by atoms with E-state index in [9.17, 15) is 4.79 Å². The summed E-state index contributed by atoms with van der Waals surface area (Å²) in [7, 11) is 0. The average Bonchev–Trinajstić information content (AvgIpc) is 2.73. The van der Waals surface area contributed by atoms with E-state index in [4.69, 9.17) is 15.2 Å². The van der Waals surface area contributed by atoms with Gasteiger partial charge in [0.2, 0.25) is 5.91 Å². The van der Waals surface area contributed by atoms with Gasteiger partial charge in [-0.05, 0) is 67.3 Å². The van der Waals surface area contributed by atoms with Crippen molar-refractivity contribution >= 4 is 5.91 Å². The van der Waals surface area contributed by atoms with Crippen LogP contribution in [-0.2, 0) is 0 Å². The minimum Gasteiger partial charge on any atom is -0.494 e. The Morgan fingerprint density at radius 2 is 1.75 bits per heavy atom. The molecule has 1 aliphatic heterocycles. The summed E-state index contributed by atoms with van der Waals surface area (Å²) in [4.78, 5) is 11.2. The molecule has 0 bridgehead atoms. The molecule has 0 radical (unpaired) electrons. The Bertz CT molecular complexity index is 743. The second-order valence-corrected chi connectivity index (χ2v) is 7.33. The fourth-order valence-electron chi connectivity index (χ4n) is 3.60. The fourth-order valence-corrected chi connectivity index (χ4v) is 3.60. The molecular formula is C23H30N2O3. The van der Waals surface area contributed by atoms with Crippen LogP contribution in [0.25, 0.3) is 0 Å². The van der Waals surface area contributed by atoms with Gasteiger partial charge < -0.3 is 20.5 Å². The Balaban J connectivity index is 1.59. The molecule has 150 valence electrons. The highest BCUT2D eigenvalue weighted by Gasteiger charge is 2.27. The monoisotopic (exact) mass is 382 g/mol. The Labute approximate surface area is 167 Å². The molecule has 3 rings (SSSR count). The normalized spacial score (nSPS) is 19.2. The largest absolute Gasteiger partial charge is 0.494 e. The van der Waals surface area contributed by atoms with E-state index in [2.05, 4.69) is 36.5 Å². The number of carbonyl (C=O) groups is 1. The van der Waals surface area contributed by atoms with Gasteiger partial charge in [-0.1, -0.05) is 25.5 Å². The molecule has 2 aromatic carbocycles. The molecule has 0 unspecified atom stereocenters. The third-order valence-corrected chi connectivity index (χ3v) is 5.29. The minimum atomic E-state index is -0.426. The van der Waals surface area contributed by atoms with Gasteiger partial charge in [-0.15, -0.1) is 0 Å². The zero-order chi connectivity index (χ0) is 19.8. The number of benzene rings is 2. The first-order valence-corrected chi connectivity index (χ1v) is 10.1. The molecule has 0 spiro atoms. The molecule has 1 aliphatic rings. The average molecular weight is 383 g/mol. The number of unbranched alkanes of at least 4 members (excludes halogenated alkanes) is 1. The Kier molecular flexibility index (Phi) is 7.31. The van der Waals surface area contributed by atoms with Crippen LogP contribution in [0.3, 0.4) is 0 Å². The van der Waals surface area contributed by atoms with E-state index in [1.807, 2.05) is 0 Å². The van der Waals surface area contributed by atoms with E-state index in [1.54, 1.807) is 24.3 Å². The summed E-state index contributed by atoms with van der Waals surface area (Å²) < 4.78 is 11.8. The van der Waals surface area contributed by atoms with Crippen molar-refractivity contribution in [3.05, 3.63) is 59.7 Å². The van der Waals surface area contributed by atoms with Gasteiger partial charge in [0.1, 0.15) is 11.5 Å². The van der Waals surface area contributed by atoms with Gasteiger partial charge in [0.15, 0.2) is 0 Å².